The number of amides is 4. The number of carbonyl (C=O) groups is 3. The number of hydrogen-bond donors (Lipinski definition) is 2. The maximum absolute atomic E-state index is 11.1. The Morgan fingerprint density at radius 2 is 1.64 bits per heavy atom. The van der Waals surface area contributed by atoms with E-state index in [2.05, 4.69) is 10.6 Å². The molecule has 0 aromatic carbocycles. The fraction of sp³-hybridized carbons (Fsp3) is 0.625. The number of unbranched alkanes of at least 4 members (excludes halogenated alkanes) is 1. The van der Waals surface area contributed by atoms with Gasteiger partial charge in [0.2, 0.25) is 11.8 Å². The van der Waals surface area contributed by atoms with Crippen LogP contribution in [-0.4, -0.2) is 47.4 Å². The fourth-order valence-electron chi connectivity index (χ4n) is 1.22. The molecule has 4 amide bonds. The predicted molar refractivity (Wildman–Crippen MR) is 51.8 cm³/mol. The van der Waals surface area contributed by atoms with Crippen LogP contribution < -0.4 is 10.6 Å². The van der Waals surface area contributed by atoms with Gasteiger partial charge in [0.05, 0.1) is 0 Å². The number of carbonyl (C=O) groups excluding carboxylic acids is 3. The quantitative estimate of drug-likeness (QED) is 0.485. The van der Waals surface area contributed by atoms with Gasteiger partial charge >= 0.3 is 35.6 Å². The van der Waals surface area contributed by atoms with Crippen LogP contribution >= 0.6 is 0 Å². The molecule has 2 N–H and O–H groups in total. The Morgan fingerprint density at radius 1 is 1.14 bits per heavy atom. The van der Waals surface area contributed by atoms with Gasteiger partial charge < -0.3 is 0 Å². The molecule has 0 aliphatic carbocycles. The third-order valence-corrected chi connectivity index (χ3v) is 1.95. The molecule has 0 spiro atoms. The van der Waals surface area contributed by atoms with Gasteiger partial charge in [0.1, 0.15) is 5.92 Å². The Morgan fingerprint density at radius 3 is 2.07 bits per heavy atom. The first-order valence-corrected chi connectivity index (χ1v) is 4.31. The minimum atomic E-state index is -0.720. The van der Waals surface area contributed by atoms with Crippen molar-refractivity contribution in [3.8, 4) is 0 Å². The molecule has 1 heterocycles. The van der Waals surface area contributed by atoms with Crippen LogP contribution in [-0.2, 0) is 9.59 Å². The molecule has 1 rings (SSSR count). The van der Waals surface area contributed by atoms with Crippen LogP contribution in [0.4, 0.5) is 4.79 Å². The van der Waals surface area contributed by atoms with Crippen molar-refractivity contribution < 1.29 is 14.4 Å². The predicted octanol–water partition coefficient (Wildman–Crippen LogP) is -0.490. The van der Waals surface area contributed by atoms with Crippen molar-refractivity contribution in [3.63, 3.8) is 0 Å². The molecule has 0 aromatic rings. The minimum absolute atomic E-state index is 0. The number of barbiturate groups is 1. The molecule has 1 saturated heterocycles. The monoisotopic (exact) mass is 208 g/mol. The number of hydrogen-bond acceptors (Lipinski definition) is 3. The van der Waals surface area contributed by atoms with Crippen LogP contribution in [0.5, 0.6) is 0 Å². The van der Waals surface area contributed by atoms with Crippen LogP contribution in [0.25, 0.3) is 0 Å². The summed E-state index contributed by atoms with van der Waals surface area (Å²) in [5.41, 5.74) is 0. The van der Waals surface area contributed by atoms with Gasteiger partial charge in [0, 0.05) is 0 Å². The first kappa shape index (κ1) is 13.6. The summed E-state index contributed by atoms with van der Waals surface area (Å²) in [6.45, 7) is 1.98. The summed E-state index contributed by atoms with van der Waals surface area (Å²) in [7, 11) is 0. The van der Waals surface area contributed by atoms with Gasteiger partial charge in [-0.1, -0.05) is 19.8 Å². The average Bonchev–Trinajstić information content (AvgIpc) is 2.02. The van der Waals surface area contributed by atoms with E-state index in [9.17, 15) is 14.4 Å². The molecule has 6 heteroatoms. The van der Waals surface area contributed by atoms with E-state index in [1.165, 1.54) is 0 Å². The van der Waals surface area contributed by atoms with E-state index in [1.54, 1.807) is 0 Å². The van der Waals surface area contributed by atoms with Gasteiger partial charge in [-0.15, -0.1) is 0 Å². The normalized spacial score (nSPS) is 17.1. The van der Waals surface area contributed by atoms with Crippen LogP contribution in [0.15, 0.2) is 0 Å². The molecule has 1 fully saturated rings. The van der Waals surface area contributed by atoms with Crippen LogP contribution in [0.2, 0.25) is 0 Å². The SMILES string of the molecule is CCCCC1C(=O)NC(=O)NC1=O.[NaH]. The molecule has 0 saturated carbocycles. The Hall–Kier alpha value is -0.390. The van der Waals surface area contributed by atoms with E-state index in [-0.39, 0.29) is 29.6 Å². The van der Waals surface area contributed by atoms with Crippen molar-refractivity contribution in [1.82, 2.24) is 10.6 Å². The average molecular weight is 208 g/mol. The molecule has 14 heavy (non-hydrogen) atoms. The topological polar surface area (TPSA) is 75.3 Å². The van der Waals surface area contributed by atoms with Crippen LogP contribution in [0, 0.1) is 5.92 Å². The molecule has 0 bridgehead atoms. The van der Waals surface area contributed by atoms with E-state index < -0.39 is 23.8 Å². The van der Waals surface area contributed by atoms with Gasteiger partial charge in [-0.3, -0.25) is 20.2 Å². The molecule has 0 atom stereocenters. The Kier molecular flexibility index (Phi) is 5.99. The van der Waals surface area contributed by atoms with E-state index in [1.807, 2.05) is 6.92 Å². The molecule has 0 aromatic heterocycles. The van der Waals surface area contributed by atoms with Gasteiger partial charge in [0.15, 0.2) is 0 Å². The van der Waals surface area contributed by atoms with Crippen molar-refractivity contribution in [3.05, 3.63) is 0 Å². The first-order valence-electron chi connectivity index (χ1n) is 4.31. The Labute approximate surface area is 104 Å². The van der Waals surface area contributed by atoms with Crippen LogP contribution in [0.1, 0.15) is 26.2 Å². The van der Waals surface area contributed by atoms with E-state index in [0.717, 1.165) is 12.8 Å². The summed E-state index contributed by atoms with van der Waals surface area (Å²) in [4.78, 5) is 32.9. The molecule has 0 unspecified atom stereocenters. The molecule has 74 valence electrons. The standard InChI is InChI=1S/C8H12N2O3.Na.H/c1-2-3-4-5-6(11)9-8(13)10-7(5)12;;/h5H,2-4H2,1H3,(H2,9,10,11,12,13);;. The Bertz CT molecular complexity index is 235. The second kappa shape index (κ2) is 6.16. The van der Waals surface area contributed by atoms with Crippen molar-refractivity contribution in [2.24, 2.45) is 5.92 Å². The van der Waals surface area contributed by atoms with Crippen molar-refractivity contribution in [1.29, 1.82) is 0 Å². The zero-order valence-corrected chi connectivity index (χ0v) is 7.42. The third-order valence-electron chi connectivity index (χ3n) is 1.95. The summed E-state index contributed by atoms with van der Waals surface area (Å²) < 4.78 is 0. The summed E-state index contributed by atoms with van der Waals surface area (Å²) in [5, 5.41) is 4.12. The molecule has 1 aliphatic rings. The molecule has 5 nitrogen and oxygen atoms in total. The third kappa shape index (κ3) is 3.40. The Balaban J connectivity index is 0.00000169. The number of urea groups is 1. The first-order chi connectivity index (χ1) is 6.15. The second-order valence-electron chi connectivity index (χ2n) is 3.00. The summed E-state index contributed by atoms with van der Waals surface area (Å²) >= 11 is 0. The zero-order chi connectivity index (χ0) is 9.84. The molecule has 0 radical (unpaired) electrons. The van der Waals surface area contributed by atoms with E-state index >= 15 is 0 Å². The molecular formula is C8H13N2NaO3. The van der Waals surface area contributed by atoms with E-state index in [0.29, 0.717) is 6.42 Å². The summed E-state index contributed by atoms with van der Waals surface area (Å²) in [6, 6.07) is -0.720. The van der Waals surface area contributed by atoms with Crippen molar-refractivity contribution in [2.45, 2.75) is 26.2 Å². The van der Waals surface area contributed by atoms with Gasteiger partial charge in [-0.2, -0.15) is 0 Å². The molecule has 1 aliphatic heterocycles. The van der Waals surface area contributed by atoms with E-state index in [4.69, 9.17) is 0 Å². The number of imide groups is 2. The van der Waals surface area contributed by atoms with Crippen molar-refractivity contribution in [2.75, 3.05) is 0 Å². The fourth-order valence-corrected chi connectivity index (χ4v) is 1.22. The number of nitrogens with one attached hydrogen (secondary N) is 2. The van der Waals surface area contributed by atoms with Crippen molar-refractivity contribution >= 4 is 47.4 Å². The van der Waals surface area contributed by atoms with Crippen LogP contribution in [0.3, 0.4) is 0 Å². The molecular weight excluding hydrogens is 195 g/mol. The summed E-state index contributed by atoms with van der Waals surface area (Å²) in [6.07, 6.45) is 2.23. The van der Waals surface area contributed by atoms with Gasteiger partial charge in [-0.25, -0.2) is 4.79 Å². The summed E-state index contributed by atoms with van der Waals surface area (Å²) in [5.74, 6) is -1.66. The number of rotatable bonds is 3. The van der Waals surface area contributed by atoms with Gasteiger partial charge in [-0.05, 0) is 6.42 Å². The maximum atomic E-state index is 11.1. The van der Waals surface area contributed by atoms with Gasteiger partial charge in [0.25, 0.3) is 0 Å². The zero-order valence-electron chi connectivity index (χ0n) is 7.42. The second-order valence-corrected chi connectivity index (χ2v) is 3.00.